The molecule has 2 atom stereocenters. The lowest BCUT2D eigenvalue weighted by atomic mass is 9.93. The van der Waals surface area contributed by atoms with Gasteiger partial charge in [-0.1, -0.05) is 43.4 Å². The predicted octanol–water partition coefficient (Wildman–Crippen LogP) is 5.71. The number of hydrogen-bond donors (Lipinski definition) is 1. The lowest BCUT2D eigenvalue weighted by Crippen LogP contribution is -2.10. The van der Waals surface area contributed by atoms with Crippen LogP contribution < -0.4 is 0 Å². The molecule has 0 amide bonds. The summed E-state index contributed by atoms with van der Waals surface area (Å²) >= 11 is 0. The number of aliphatic hydroxyl groups excluding tert-OH is 1. The summed E-state index contributed by atoms with van der Waals surface area (Å²) in [5.74, 6) is 0.364. The number of alkyl halides is 3. The van der Waals surface area contributed by atoms with E-state index in [9.17, 15) is 18.3 Å². The minimum Gasteiger partial charge on any atom is -0.382 e. The largest absolute Gasteiger partial charge is 0.418 e. The quantitative estimate of drug-likeness (QED) is 0.617. The number of allylic oxidation sites excluding steroid dienone is 4. The zero-order chi connectivity index (χ0) is 20.6. The van der Waals surface area contributed by atoms with Crippen LogP contribution in [0.4, 0.5) is 13.2 Å². The first-order valence-electron chi connectivity index (χ1n) is 9.33. The van der Waals surface area contributed by atoms with Crippen LogP contribution in [0.5, 0.6) is 0 Å². The van der Waals surface area contributed by atoms with Gasteiger partial charge in [-0.2, -0.15) is 13.2 Å². The van der Waals surface area contributed by atoms with Crippen molar-refractivity contribution in [3.05, 3.63) is 89.4 Å². The molecule has 2 unspecified atom stereocenters. The van der Waals surface area contributed by atoms with Gasteiger partial charge in [-0.25, -0.2) is 4.98 Å². The molecule has 6 heteroatoms. The van der Waals surface area contributed by atoms with E-state index in [1.165, 1.54) is 12.3 Å². The van der Waals surface area contributed by atoms with Gasteiger partial charge in [-0.05, 0) is 47.7 Å². The Labute approximate surface area is 166 Å². The maximum absolute atomic E-state index is 13.7. The van der Waals surface area contributed by atoms with E-state index in [-0.39, 0.29) is 10.9 Å². The van der Waals surface area contributed by atoms with E-state index < -0.39 is 17.8 Å². The van der Waals surface area contributed by atoms with Gasteiger partial charge in [0.2, 0.25) is 0 Å². The molecule has 0 aliphatic heterocycles. The van der Waals surface area contributed by atoms with Crippen LogP contribution in [0.1, 0.15) is 42.0 Å². The number of rotatable bonds is 3. The Balaban J connectivity index is 1.97. The summed E-state index contributed by atoms with van der Waals surface area (Å²) in [4.78, 5) is 8.52. The van der Waals surface area contributed by atoms with Crippen LogP contribution >= 0.6 is 0 Å². The Hall–Kier alpha value is -2.99. The van der Waals surface area contributed by atoms with Gasteiger partial charge in [0.15, 0.2) is 0 Å². The second-order valence-corrected chi connectivity index (χ2v) is 7.18. The zero-order valence-corrected chi connectivity index (χ0v) is 15.7. The average molecular weight is 396 g/mol. The average Bonchev–Trinajstić information content (AvgIpc) is 2.72. The van der Waals surface area contributed by atoms with Crippen LogP contribution in [0.3, 0.4) is 0 Å². The molecular weight excluding hydrogens is 377 g/mol. The van der Waals surface area contributed by atoms with E-state index in [2.05, 4.69) is 16.9 Å². The third kappa shape index (κ3) is 3.80. The van der Waals surface area contributed by atoms with Crippen LogP contribution in [0.25, 0.3) is 16.5 Å². The summed E-state index contributed by atoms with van der Waals surface area (Å²) < 4.78 is 41.0. The van der Waals surface area contributed by atoms with Gasteiger partial charge in [-0.15, -0.1) is 0 Å². The molecule has 1 N–H and O–H groups in total. The van der Waals surface area contributed by atoms with Gasteiger partial charge in [0.1, 0.15) is 6.10 Å². The molecule has 0 fully saturated rings. The van der Waals surface area contributed by atoms with Crippen LogP contribution in [-0.4, -0.2) is 15.1 Å². The standard InChI is InChI=1S/C23H19F3N2O/c1-14-8-10-15(11-9-14)20-13-17(22(29)19-7-2-3-12-27-19)16-5-4-6-18(21(16)28-20)23(24,25)26/h2-8,10-14,22,29H,9H2,1H3. The highest BCUT2D eigenvalue weighted by Gasteiger charge is 2.34. The van der Waals surface area contributed by atoms with Crippen molar-refractivity contribution >= 4 is 16.5 Å². The molecule has 0 bridgehead atoms. The number of pyridine rings is 2. The molecule has 29 heavy (non-hydrogen) atoms. The summed E-state index contributed by atoms with van der Waals surface area (Å²) in [5, 5.41) is 11.2. The molecule has 2 heterocycles. The molecule has 1 aliphatic carbocycles. The van der Waals surface area contributed by atoms with Crippen molar-refractivity contribution in [3.63, 3.8) is 0 Å². The van der Waals surface area contributed by atoms with Crippen molar-refractivity contribution in [1.29, 1.82) is 0 Å². The number of aliphatic hydroxyl groups is 1. The maximum atomic E-state index is 13.7. The third-order valence-corrected chi connectivity index (χ3v) is 5.05. The Morgan fingerprint density at radius 2 is 1.97 bits per heavy atom. The number of benzene rings is 1. The Kier molecular flexibility index (Phi) is 4.96. The normalized spacial score (nSPS) is 18.0. The van der Waals surface area contributed by atoms with Crippen molar-refractivity contribution in [2.24, 2.45) is 5.92 Å². The maximum Gasteiger partial charge on any atom is 0.418 e. The Morgan fingerprint density at radius 3 is 2.62 bits per heavy atom. The second-order valence-electron chi connectivity index (χ2n) is 7.18. The minimum atomic E-state index is -4.55. The summed E-state index contributed by atoms with van der Waals surface area (Å²) in [6, 6.07) is 10.7. The van der Waals surface area contributed by atoms with Gasteiger partial charge in [0.25, 0.3) is 0 Å². The lowest BCUT2D eigenvalue weighted by molar-refractivity contribution is -0.136. The smallest absolute Gasteiger partial charge is 0.382 e. The predicted molar refractivity (Wildman–Crippen MR) is 106 cm³/mol. The first kappa shape index (κ1) is 19.3. The van der Waals surface area contributed by atoms with Crippen molar-refractivity contribution < 1.29 is 18.3 Å². The number of aromatic nitrogens is 2. The third-order valence-electron chi connectivity index (χ3n) is 5.05. The molecule has 1 aliphatic rings. The fourth-order valence-corrected chi connectivity index (χ4v) is 3.49. The number of halogens is 3. The molecule has 2 aromatic heterocycles. The Bertz CT molecular complexity index is 1100. The van der Waals surface area contributed by atoms with E-state index in [0.717, 1.165) is 18.1 Å². The van der Waals surface area contributed by atoms with Gasteiger partial charge in [0, 0.05) is 11.6 Å². The van der Waals surface area contributed by atoms with Crippen molar-refractivity contribution in [1.82, 2.24) is 9.97 Å². The summed E-state index contributed by atoms with van der Waals surface area (Å²) in [6.45, 7) is 2.07. The van der Waals surface area contributed by atoms with Gasteiger partial charge in [-0.3, -0.25) is 4.98 Å². The molecule has 148 valence electrons. The van der Waals surface area contributed by atoms with Crippen LogP contribution in [0.15, 0.2) is 66.9 Å². The van der Waals surface area contributed by atoms with Crippen molar-refractivity contribution in [2.75, 3.05) is 0 Å². The van der Waals surface area contributed by atoms with Crippen LogP contribution in [-0.2, 0) is 6.18 Å². The second kappa shape index (κ2) is 7.44. The number of nitrogens with zero attached hydrogens (tertiary/aromatic N) is 2. The molecule has 3 aromatic rings. The van der Waals surface area contributed by atoms with Crippen molar-refractivity contribution in [2.45, 2.75) is 25.6 Å². The highest BCUT2D eigenvalue weighted by Crippen LogP contribution is 2.38. The van der Waals surface area contributed by atoms with Crippen molar-refractivity contribution in [3.8, 4) is 0 Å². The van der Waals surface area contributed by atoms with E-state index in [4.69, 9.17) is 0 Å². The molecular formula is C23H19F3N2O. The first-order chi connectivity index (χ1) is 13.8. The summed E-state index contributed by atoms with van der Waals surface area (Å²) in [7, 11) is 0. The Morgan fingerprint density at radius 1 is 1.14 bits per heavy atom. The van der Waals surface area contributed by atoms with E-state index in [1.54, 1.807) is 30.3 Å². The highest BCUT2D eigenvalue weighted by molar-refractivity contribution is 5.89. The van der Waals surface area contributed by atoms with E-state index in [0.29, 0.717) is 22.9 Å². The van der Waals surface area contributed by atoms with Gasteiger partial charge < -0.3 is 5.11 Å². The van der Waals surface area contributed by atoms with Crippen LogP contribution in [0, 0.1) is 5.92 Å². The SMILES string of the molecule is CC1C=CC(c2cc(C(O)c3ccccn3)c3cccc(C(F)(F)F)c3n2)=CC1. The lowest BCUT2D eigenvalue weighted by Gasteiger charge is -2.19. The molecule has 1 aromatic carbocycles. The molecule has 3 nitrogen and oxygen atoms in total. The number of para-hydroxylation sites is 1. The van der Waals surface area contributed by atoms with Gasteiger partial charge in [0.05, 0.1) is 22.5 Å². The van der Waals surface area contributed by atoms with Crippen LogP contribution in [0.2, 0.25) is 0 Å². The van der Waals surface area contributed by atoms with E-state index >= 15 is 0 Å². The first-order valence-corrected chi connectivity index (χ1v) is 9.33. The molecule has 0 saturated carbocycles. The summed E-state index contributed by atoms with van der Waals surface area (Å²) in [5.41, 5.74) is 0.877. The fourth-order valence-electron chi connectivity index (χ4n) is 3.49. The minimum absolute atomic E-state index is 0.171. The molecule has 4 rings (SSSR count). The molecule has 0 saturated heterocycles. The highest BCUT2D eigenvalue weighted by atomic mass is 19.4. The zero-order valence-electron chi connectivity index (χ0n) is 15.7. The van der Waals surface area contributed by atoms with Gasteiger partial charge >= 0.3 is 6.18 Å². The monoisotopic (exact) mass is 396 g/mol. The summed E-state index contributed by atoms with van der Waals surface area (Å²) in [6.07, 6.45) is 2.44. The molecule has 0 spiro atoms. The fraction of sp³-hybridized carbons (Fsp3) is 0.217. The molecule has 0 radical (unpaired) electrons. The van der Waals surface area contributed by atoms with E-state index in [1.807, 2.05) is 18.2 Å². The topological polar surface area (TPSA) is 46.0 Å². The number of fused-ring (bicyclic) bond motifs is 1. The number of hydrogen-bond acceptors (Lipinski definition) is 3.